The quantitative estimate of drug-likeness (QED) is 0.528. The fourth-order valence-electron chi connectivity index (χ4n) is 4.32. The molecule has 8 nitrogen and oxygen atoms in total. The third kappa shape index (κ3) is 3.90. The summed E-state index contributed by atoms with van der Waals surface area (Å²) in [4.78, 5) is 31.3. The van der Waals surface area contributed by atoms with E-state index in [0.717, 1.165) is 5.56 Å². The molecule has 1 aliphatic rings. The molecule has 0 saturated heterocycles. The number of aromatic nitrogens is 4. The first-order valence-corrected chi connectivity index (χ1v) is 11.2. The smallest absolute Gasteiger partial charge is 0.332 e. The molecule has 170 valence electrons. The third-order valence-corrected chi connectivity index (χ3v) is 6.03. The van der Waals surface area contributed by atoms with Crippen molar-refractivity contribution in [2.75, 3.05) is 11.9 Å². The summed E-state index contributed by atoms with van der Waals surface area (Å²) >= 11 is 0. The normalized spacial score (nSPS) is 15.2. The van der Waals surface area contributed by atoms with E-state index in [1.165, 1.54) is 4.57 Å². The Labute approximate surface area is 186 Å². The van der Waals surface area contributed by atoms with Crippen LogP contribution in [-0.4, -0.2) is 35.9 Å². The van der Waals surface area contributed by atoms with Gasteiger partial charge in [-0.3, -0.25) is 18.5 Å². The van der Waals surface area contributed by atoms with Gasteiger partial charge in [0.05, 0.1) is 18.7 Å². The van der Waals surface area contributed by atoms with Crippen LogP contribution in [0.15, 0.2) is 52.1 Å². The van der Waals surface area contributed by atoms with E-state index in [1.54, 1.807) is 11.5 Å². The Bertz CT molecular complexity index is 1240. The molecule has 0 saturated carbocycles. The number of nitrogens with one attached hydrogen (secondary N) is 1. The van der Waals surface area contributed by atoms with Crippen molar-refractivity contribution in [2.24, 2.45) is 5.92 Å². The van der Waals surface area contributed by atoms with Crippen molar-refractivity contribution in [2.45, 2.75) is 58.8 Å². The lowest BCUT2D eigenvalue weighted by Gasteiger charge is -2.28. The van der Waals surface area contributed by atoms with Crippen LogP contribution >= 0.6 is 0 Å². The summed E-state index contributed by atoms with van der Waals surface area (Å²) in [6.45, 7) is 6.98. The highest BCUT2D eigenvalue weighted by Gasteiger charge is 2.33. The zero-order chi connectivity index (χ0) is 22.9. The number of aliphatic hydroxyl groups is 1. The van der Waals surface area contributed by atoms with Crippen LogP contribution in [0.2, 0.25) is 0 Å². The van der Waals surface area contributed by atoms with Crippen molar-refractivity contribution in [3.8, 4) is 0 Å². The second-order valence-corrected chi connectivity index (χ2v) is 8.96. The lowest BCUT2D eigenvalue weighted by molar-refractivity contribution is 0.217. The first kappa shape index (κ1) is 22.1. The van der Waals surface area contributed by atoms with E-state index in [2.05, 4.69) is 5.32 Å². The van der Waals surface area contributed by atoms with E-state index < -0.39 is 5.54 Å². The van der Waals surface area contributed by atoms with Crippen molar-refractivity contribution >= 4 is 17.1 Å². The molecule has 0 spiro atoms. The zero-order valence-electron chi connectivity index (χ0n) is 18.9. The van der Waals surface area contributed by atoms with Gasteiger partial charge in [-0.2, -0.15) is 4.98 Å². The van der Waals surface area contributed by atoms with Gasteiger partial charge < -0.3 is 10.4 Å². The van der Waals surface area contributed by atoms with Crippen molar-refractivity contribution < 1.29 is 5.11 Å². The molecule has 1 aliphatic carbocycles. The first-order chi connectivity index (χ1) is 15.4. The van der Waals surface area contributed by atoms with Gasteiger partial charge in [0.25, 0.3) is 5.56 Å². The molecule has 4 rings (SSSR count). The molecule has 1 aromatic carbocycles. The number of imidazole rings is 1. The Morgan fingerprint density at radius 3 is 2.38 bits per heavy atom. The SMILES string of the molecule is CCn1c(=O)c2c(nc(NC3(CO)CC=CC3)n2Cc2ccccc2)n(CC(C)C)c1=O. The third-order valence-electron chi connectivity index (χ3n) is 6.03. The number of hydrogen-bond donors (Lipinski definition) is 2. The lowest BCUT2D eigenvalue weighted by atomic mass is 9.98. The monoisotopic (exact) mass is 437 g/mol. The van der Waals surface area contributed by atoms with Crippen molar-refractivity contribution in [1.29, 1.82) is 0 Å². The average Bonchev–Trinajstić information content (AvgIpc) is 3.38. The summed E-state index contributed by atoms with van der Waals surface area (Å²) in [5, 5.41) is 13.6. The molecule has 8 heteroatoms. The van der Waals surface area contributed by atoms with Gasteiger partial charge in [-0.25, -0.2) is 4.79 Å². The fraction of sp³-hybridized carbons (Fsp3) is 0.458. The predicted octanol–water partition coefficient (Wildman–Crippen LogP) is 2.58. The molecule has 2 N–H and O–H groups in total. The lowest BCUT2D eigenvalue weighted by Crippen LogP contribution is -2.41. The van der Waals surface area contributed by atoms with Gasteiger partial charge in [-0.1, -0.05) is 56.3 Å². The van der Waals surface area contributed by atoms with Gasteiger partial charge in [0, 0.05) is 13.1 Å². The maximum Gasteiger partial charge on any atom is 0.332 e. The Hall–Kier alpha value is -3.13. The number of rotatable bonds is 8. The Kier molecular flexibility index (Phi) is 6.06. The van der Waals surface area contributed by atoms with Crippen LogP contribution in [-0.2, 0) is 19.6 Å². The highest BCUT2D eigenvalue weighted by molar-refractivity contribution is 5.75. The van der Waals surface area contributed by atoms with Crippen LogP contribution in [0.25, 0.3) is 11.2 Å². The minimum Gasteiger partial charge on any atom is -0.394 e. The molecule has 2 aromatic heterocycles. The molecule has 0 aliphatic heterocycles. The van der Waals surface area contributed by atoms with Crippen LogP contribution in [0.4, 0.5) is 5.95 Å². The number of anilines is 1. The minimum atomic E-state index is -0.567. The maximum absolute atomic E-state index is 13.4. The molecule has 0 unspecified atom stereocenters. The zero-order valence-corrected chi connectivity index (χ0v) is 18.9. The maximum atomic E-state index is 13.4. The fourth-order valence-corrected chi connectivity index (χ4v) is 4.32. The van der Waals surface area contributed by atoms with E-state index in [9.17, 15) is 14.7 Å². The van der Waals surface area contributed by atoms with E-state index in [0.29, 0.717) is 43.0 Å². The Morgan fingerprint density at radius 1 is 1.09 bits per heavy atom. The van der Waals surface area contributed by atoms with Crippen LogP contribution in [0.3, 0.4) is 0 Å². The molecule has 3 aromatic rings. The standard InChI is InChI=1S/C24H31N5O3/c1-4-27-21(31)19-20(29(23(27)32)14-17(2)3)25-22(26-24(16-30)12-8-9-13-24)28(19)15-18-10-6-5-7-11-18/h5-11,17,30H,4,12-16H2,1-3H3,(H,25,26). The second kappa shape index (κ2) is 8.78. The first-order valence-electron chi connectivity index (χ1n) is 11.2. The second-order valence-electron chi connectivity index (χ2n) is 8.96. The highest BCUT2D eigenvalue weighted by atomic mass is 16.3. The van der Waals surface area contributed by atoms with E-state index in [4.69, 9.17) is 4.98 Å². The van der Waals surface area contributed by atoms with E-state index in [-0.39, 0.29) is 30.3 Å². The summed E-state index contributed by atoms with van der Waals surface area (Å²) < 4.78 is 4.73. The minimum absolute atomic E-state index is 0.0630. The summed E-state index contributed by atoms with van der Waals surface area (Å²) in [6, 6.07) is 9.85. The number of benzene rings is 1. The van der Waals surface area contributed by atoms with Crippen LogP contribution in [0, 0.1) is 5.92 Å². The molecule has 0 fully saturated rings. The molecular formula is C24H31N5O3. The number of fused-ring (bicyclic) bond motifs is 1. The Balaban J connectivity index is 1.98. The van der Waals surface area contributed by atoms with Gasteiger partial charge in [0.1, 0.15) is 0 Å². The predicted molar refractivity (Wildman–Crippen MR) is 126 cm³/mol. The summed E-state index contributed by atoms with van der Waals surface area (Å²) in [5.41, 5.74) is 0.554. The van der Waals surface area contributed by atoms with Crippen molar-refractivity contribution in [3.05, 3.63) is 68.9 Å². The van der Waals surface area contributed by atoms with Crippen LogP contribution in [0.1, 0.15) is 39.2 Å². The molecule has 0 radical (unpaired) electrons. The Morgan fingerprint density at radius 2 is 1.78 bits per heavy atom. The topological polar surface area (TPSA) is 94.1 Å². The average molecular weight is 438 g/mol. The highest BCUT2D eigenvalue weighted by Crippen LogP contribution is 2.29. The summed E-state index contributed by atoms with van der Waals surface area (Å²) in [7, 11) is 0. The van der Waals surface area contributed by atoms with E-state index in [1.807, 2.05) is 60.9 Å². The van der Waals surface area contributed by atoms with E-state index >= 15 is 0 Å². The molecule has 0 atom stereocenters. The number of hydrogen-bond acceptors (Lipinski definition) is 5. The van der Waals surface area contributed by atoms with Gasteiger partial charge in [-0.15, -0.1) is 0 Å². The van der Waals surface area contributed by atoms with Gasteiger partial charge in [0.15, 0.2) is 11.2 Å². The number of nitrogens with zero attached hydrogens (tertiary/aromatic N) is 4. The molecule has 32 heavy (non-hydrogen) atoms. The number of aliphatic hydroxyl groups excluding tert-OH is 1. The van der Waals surface area contributed by atoms with Crippen molar-refractivity contribution in [1.82, 2.24) is 18.7 Å². The molecule has 0 bridgehead atoms. The van der Waals surface area contributed by atoms with Crippen LogP contribution in [0.5, 0.6) is 0 Å². The molecule has 2 heterocycles. The van der Waals surface area contributed by atoms with Crippen LogP contribution < -0.4 is 16.6 Å². The van der Waals surface area contributed by atoms with Gasteiger partial charge >= 0.3 is 5.69 Å². The van der Waals surface area contributed by atoms with Gasteiger partial charge in [0.2, 0.25) is 5.95 Å². The largest absolute Gasteiger partial charge is 0.394 e. The summed E-state index contributed by atoms with van der Waals surface area (Å²) in [5.74, 6) is 0.696. The van der Waals surface area contributed by atoms with Gasteiger partial charge in [-0.05, 0) is 31.2 Å². The molecule has 0 amide bonds. The summed E-state index contributed by atoms with van der Waals surface area (Å²) in [6.07, 6.45) is 5.39. The van der Waals surface area contributed by atoms with Crippen molar-refractivity contribution in [3.63, 3.8) is 0 Å². The molecular weight excluding hydrogens is 406 g/mol.